The van der Waals surface area contributed by atoms with E-state index in [1.165, 1.54) is 13.1 Å². The third-order valence-electron chi connectivity index (χ3n) is 7.11. The van der Waals surface area contributed by atoms with Gasteiger partial charge in [-0.05, 0) is 61.4 Å². The highest BCUT2D eigenvalue weighted by molar-refractivity contribution is 6.31. The zero-order valence-electron chi connectivity index (χ0n) is 18.8. The van der Waals surface area contributed by atoms with E-state index in [1.54, 1.807) is 0 Å². The van der Waals surface area contributed by atoms with Crippen molar-refractivity contribution in [2.24, 2.45) is 17.1 Å². The lowest BCUT2D eigenvalue weighted by Gasteiger charge is -2.53. The van der Waals surface area contributed by atoms with Gasteiger partial charge in [0.15, 0.2) is 17.6 Å². The number of carbonyl (C=O) groups is 2. The van der Waals surface area contributed by atoms with Gasteiger partial charge in [-0.2, -0.15) is 0 Å². The first-order valence-corrected chi connectivity index (χ1v) is 11.7. The number of hydrogen-bond acceptors (Lipinski definition) is 7. The molecule has 3 heterocycles. The molecule has 0 bridgehead atoms. The predicted molar refractivity (Wildman–Crippen MR) is 127 cm³/mol. The van der Waals surface area contributed by atoms with E-state index < -0.39 is 12.2 Å². The summed E-state index contributed by atoms with van der Waals surface area (Å²) in [4.78, 5) is 30.5. The molecule has 2 aromatic heterocycles. The number of amides is 2. The molecule has 3 aromatic rings. The second-order valence-corrected chi connectivity index (χ2v) is 9.65. The van der Waals surface area contributed by atoms with Crippen LogP contribution < -0.4 is 16.0 Å². The summed E-state index contributed by atoms with van der Waals surface area (Å²) < 4.78 is 10.7. The van der Waals surface area contributed by atoms with Crippen LogP contribution >= 0.6 is 11.6 Å². The number of carbonyl (C=O) groups excluding carboxylic acids is 2. The lowest BCUT2D eigenvalue weighted by molar-refractivity contribution is -0.0611. The van der Waals surface area contributed by atoms with Crippen molar-refractivity contribution in [1.29, 1.82) is 0 Å². The average Bonchev–Trinajstić information content (AvgIpc) is 3.30. The summed E-state index contributed by atoms with van der Waals surface area (Å²) in [7, 11) is 1.51. The topological polar surface area (TPSA) is 124 Å². The van der Waals surface area contributed by atoms with Crippen LogP contribution in [-0.2, 0) is 4.74 Å². The third kappa shape index (κ3) is 4.27. The van der Waals surface area contributed by atoms with Crippen LogP contribution in [0.1, 0.15) is 48.0 Å². The number of nitrogens with zero attached hydrogens (tertiary/aromatic N) is 3. The molecule has 1 aromatic carbocycles. The van der Waals surface area contributed by atoms with Crippen molar-refractivity contribution in [3.8, 4) is 0 Å². The SMILES string of the molecule is CNC(=O)c1cc(C(OC(N)=O)C2CC3(CCN(c4ccc5cc(Cl)ccc5n4)CC3)C2)on1. The molecule has 1 spiro atoms. The van der Waals surface area contributed by atoms with Crippen LogP contribution in [0, 0.1) is 11.3 Å². The number of benzene rings is 1. The number of aromatic nitrogens is 2. The maximum absolute atomic E-state index is 11.8. The van der Waals surface area contributed by atoms with Crippen LogP contribution in [0.5, 0.6) is 0 Å². The van der Waals surface area contributed by atoms with Gasteiger partial charge in [-0.25, -0.2) is 9.78 Å². The summed E-state index contributed by atoms with van der Waals surface area (Å²) in [6.45, 7) is 1.81. The van der Waals surface area contributed by atoms with Gasteiger partial charge in [0.05, 0.1) is 5.52 Å². The molecule has 2 fully saturated rings. The molecule has 2 amide bonds. The number of nitrogens with one attached hydrogen (secondary N) is 1. The van der Waals surface area contributed by atoms with Crippen molar-refractivity contribution < 1.29 is 18.8 Å². The number of nitrogens with two attached hydrogens (primary N) is 1. The van der Waals surface area contributed by atoms with Gasteiger partial charge in [0.25, 0.3) is 5.91 Å². The molecular formula is C24H26ClN5O4. The van der Waals surface area contributed by atoms with Crippen LogP contribution in [0.15, 0.2) is 40.9 Å². The van der Waals surface area contributed by atoms with E-state index in [9.17, 15) is 9.59 Å². The van der Waals surface area contributed by atoms with Crippen LogP contribution in [0.25, 0.3) is 10.9 Å². The summed E-state index contributed by atoms with van der Waals surface area (Å²) in [5.41, 5.74) is 6.58. The molecule has 178 valence electrons. The highest BCUT2D eigenvalue weighted by atomic mass is 35.5. The highest BCUT2D eigenvalue weighted by Gasteiger charge is 2.50. The standard InChI is InChI=1S/C24H26ClN5O4/c1-27-22(31)18-11-19(34-29-18)21(33-23(26)32)15-12-24(13-15)6-8-30(9-7-24)20-5-2-14-10-16(25)3-4-17(14)28-20/h2-5,10-11,15,21H,6-9,12-13H2,1H3,(H2,26,32)(H,27,31). The lowest BCUT2D eigenvalue weighted by atomic mass is 9.56. The Labute approximate surface area is 201 Å². The zero-order valence-corrected chi connectivity index (χ0v) is 19.5. The first-order valence-electron chi connectivity index (χ1n) is 11.3. The Kier molecular flexibility index (Phi) is 5.81. The number of pyridine rings is 1. The number of fused-ring (bicyclic) bond motifs is 1. The van der Waals surface area contributed by atoms with E-state index in [2.05, 4.69) is 21.4 Å². The number of halogens is 1. The minimum Gasteiger partial charge on any atom is -0.438 e. The van der Waals surface area contributed by atoms with E-state index in [1.807, 2.05) is 24.3 Å². The van der Waals surface area contributed by atoms with E-state index in [0.717, 1.165) is 55.5 Å². The summed E-state index contributed by atoms with van der Waals surface area (Å²) in [6.07, 6.45) is 2.29. The molecule has 1 saturated heterocycles. The maximum atomic E-state index is 11.8. The monoisotopic (exact) mass is 483 g/mol. The number of primary amides is 1. The van der Waals surface area contributed by atoms with Gasteiger partial charge >= 0.3 is 6.09 Å². The summed E-state index contributed by atoms with van der Waals surface area (Å²) in [5, 5.41) is 8.02. The lowest BCUT2D eigenvalue weighted by Crippen LogP contribution is -2.49. The van der Waals surface area contributed by atoms with Crippen molar-refractivity contribution >= 4 is 40.3 Å². The van der Waals surface area contributed by atoms with Crippen molar-refractivity contribution in [3.05, 3.63) is 52.9 Å². The summed E-state index contributed by atoms with van der Waals surface area (Å²) >= 11 is 6.08. The average molecular weight is 484 g/mol. The molecule has 1 atom stereocenters. The number of piperidine rings is 1. The van der Waals surface area contributed by atoms with Gasteiger partial charge in [0, 0.05) is 42.5 Å². The van der Waals surface area contributed by atoms with Crippen LogP contribution in [0.4, 0.5) is 10.6 Å². The number of rotatable bonds is 5. The number of anilines is 1. The molecule has 10 heteroatoms. The minimum absolute atomic E-state index is 0.0630. The molecule has 9 nitrogen and oxygen atoms in total. The Morgan fingerprint density at radius 1 is 1.24 bits per heavy atom. The molecule has 5 rings (SSSR count). The highest BCUT2D eigenvalue weighted by Crippen LogP contribution is 2.57. The van der Waals surface area contributed by atoms with Gasteiger partial charge in [0.1, 0.15) is 5.82 Å². The van der Waals surface area contributed by atoms with E-state index in [0.29, 0.717) is 10.8 Å². The molecular weight excluding hydrogens is 458 g/mol. The van der Waals surface area contributed by atoms with Crippen molar-refractivity contribution in [1.82, 2.24) is 15.5 Å². The number of hydrogen-bond donors (Lipinski definition) is 2. The Hall–Kier alpha value is -3.33. The fourth-order valence-electron chi connectivity index (χ4n) is 5.32. The first kappa shape index (κ1) is 22.5. The second-order valence-electron chi connectivity index (χ2n) is 9.21. The Balaban J connectivity index is 1.24. The van der Waals surface area contributed by atoms with Crippen LogP contribution in [-0.4, -0.2) is 42.3 Å². The first-order chi connectivity index (χ1) is 16.4. The normalized spacial score (nSPS) is 18.5. The van der Waals surface area contributed by atoms with Gasteiger partial charge in [0.2, 0.25) is 0 Å². The molecule has 1 aliphatic heterocycles. The third-order valence-corrected chi connectivity index (χ3v) is 7.35. The Morgan fingerprint density at radius 3 is 2.71 bits per heavy atom. The van der Waals surface area contributed by atoms with E-state index >= 15 is 0 Å². The van der Waals surface area contributed by atoms with Gasteiger partial charge in [-0.1, -0.05) is 16.8 Å². The molecule has 1 saturated carbocycles. The molecule has 3 N–H and O–H groups in total. The number of ether oxygens (including phenoxy) is 1. The van der Waals surface area contributed by atoms with Gasteiger partial charge < -0.3 is 25.2 Å². The Bertz CT molecular complexity index is 1230. The molecule has 1 aliphatic carbocycles. The van der Waals surface area contributed by atoms with Gasteiger partial charge in [-0.3, -0.25) is 4.79 Å². The Morgan fingerprint density at radius 2 is 2.00 bits per heavy atom. The molecule has 1 unspecified atom stereocenters. The van der Waals surface area contributed by atoms with Crippen molar-refractivity contribution in [2.45, 2.75) is 31.8 Å². The fourth-order valence-corrected chi connectivity index (χ4v) is 5.50. The van der Waals surface area contributed by atoms with Crippen LogP contribution in [0.3, 0.4) is 0 Å². The molecule has 0 radical (unpaired) electrons. The maximum Gasteiger partial charge on any atom is 0.405 e. The van der Waals surface area contributed by atoms with Crippen LogP contribution in [0.2, 0.25) is 5.02 Å². The minimum atomic E-state index is -0.873. The van der Waals surface area contributed by atoms with Gasteiger partial charge in [-0.15, -0.1) is 0 Å². The summed E-state index contributed by atoms with van der Waals surface area (Å²) in [6, 6.07) is 11.3. The second kappa shape index (κ2) is 8.79. The quantitative estimate of drug-likeness (QED) is 0.560. The zero-order chi connectivity index (χ0) is 23.9. The molecule has 34 heavy (non-hydrogen) atoms. The van der Waals surface area contributed by atoms with Crippen molar-refractivity contribution in [3.63, 3.8) is 0 Å². The molecule has 2 aliphatic rings. The fraction of sp³-hybridized carbons (Fsp3) is 0.417. The largest absolute Gasteiger partial charge is 0.438 e. The van der Waals surface area contributed by atoms with E-state index in [-0.39, 0.29) is 22.9 Å². The van der Waals surface area contributed by atoms with Crippen molar-refractivity contribution in [2.75, 3.05) is 25.0 Å². The smallest absolute Gasteiger partial charge is 0.405 e. The summed E-state index contributed by atoms with van der Waals surface area (Å²) in [5.74, 6) is 1.01. The van der Waals surface area contributed by atoms with E-state index in [4.69, 9.17) is 31.6 Å². The predicted octanol–water partition coefficient (Wildman–Crippen LogP) is 4.07.